The molecule has 0 saturated carbocycles. The van der Waals surface area contributed by atoms with E-state index < -0.39 is 0 Å². The highest BCUT2D eigenvalue weighted by atomic mass is 16.5. The molecule has 0 unspecified atom stereocenters. The second kappa shape index (κ2) is 4.47. The Hall–Kier alpha value is -1.32. The van der Waals surface area contributed by atoms with E-state index >= 15 is 0 Å². The Kier molecular flexibility index (Phi) is 3.50. The molecule has 0 aliphatic heterocycles. The van der Waals surface area contributed by atoms with Crippen LogP contribution in [0.1, 0.15) is 50.7 Å². The predicted molar refractivity (Wildman–Crippen MR) is 58.5 cm³/mol. The average Bonchev–Trinajstić information content (AvgIpc) is 2.21. The molecular weight excluding hydrogens is 192 g/mol. The van der Waals surface area contributed by atoms with Gasteiger partial charge in [0.2, 0.25) is 0 Å². The summed E-state index contributed by atoms with van der Waals surface area (Å²) in [4.78, 5) is 16.0. The zero-order valence-corrected chi connectivity index (χ0v) is 9.74. The lowest BCUT2D eigenvalue weighted by molar-refractivity contribution is 0.161. The maximum Gasteiger partial charge on any atom is 0.305 e. The zero-order valence-electron chi connectivity index (χ0n) is 9.74. The van der Waals surface area contributed by atoms with Crippen LogP contribution in [-0.4, -0.2) is 14.9 Å². The van der Waals surface area contributed by atoms with Crippen molar-refractivity contribution in [1.29, 1.82) is 0 Å². The van der Waals surface area contributed by atoms with Gasteiger partial charge in [-0.15, -0.1) is 4.73 Å². The number of hydrogen-bond acceptors (Lipinski definition) is 3. The summed E-state index contributed by atoms with van der Waals surface area (Å²) >= 11 is 0. The largest absolute Gasteiger partial charge is 0.425 e. The van der Waals surface area contributed by atoms with Crippen molar-refractivity contribution in [1.82, 2.24) is 9.71 Å². The van der Waals surface area contributed by atoms with E-state index in [0.717, 1.165) is 16.8 Å². The molecule has 0 saturated heterocycles. The van der Waals surface area contributed by atoms with Crippen molar-refractivity contribution in [2.75, 3.05) is 0 Å². The molecule has 1 aromatic heterocycles. The van der Waals surface area contributed by atoms with Gasteiger partial charge in [-0.1, -0.05) is 27.7 Å². The van der Waals surface area contributed by atoms with Crippen LogP contribution in [0.4, 0.5) is 0 Å². The van der Waals surface area contributed by atoms with E-state index in [9.17, 15) is 10.0 Å². The third kappa shape index (κ3) is 2.03. The molecule has 0 amide bonds. The summed E-state index contributed by atoms with van der Waals surface area (Å²) in [7, 11) is 0. The molecule has 84 valence electrons. The van der Waals surface area contributed by atoms with Gasteiger partial charge in [-0.05, 0) is 12.8 Å². The van der Waals surface area contributed by atoms with Gasteiger partial charge in [-0.3, -0.25) is 4.79 Å². The summed E-state index contributed by atoms with van der Waals surface area (Å²) < 4.78 is 0.751. The molecule has 0 spiro atoms. The summed E-state index contributed by atoms with van der Waals surface area (Å²) in [6, 6.07) is 0. The molecule has 0 radical (unpaired) electrons. The van der Waals surface area contributed by atoms with Crippen LogP contribution in [0, 0.1) is 0 Å². The first-order chi connectivity index (χ1) is 7.02. The van der Waals surface area contributed by atoms with E-state index in [2.05, 4.69) is 4.98 Å². The monoisotopic (exact) mass is 210 g/mol. The van der Waals surface area contributed by atoms with Gasteiger partial charge in [0.25, 0.3) is 0 Å². The van der Waals surface area contributed by atoms with Crippen LogP contribution in [-0.2, 0) is 12.8 Å². The number of aryl methyl sites for hydroxylation is 1. The van der Waals surface area contributed by atoms with Crippen LogP contribution in [0.15, 0.2) is 4.79 Å². The molecule has 0 aliphatic carbocycles. The highest BCUT2D eigenvalue weighted by molar-refractivity contribution is 5.17. The molecule has 1 aromatic rings. The van der Waals surface area contributed by atoms with E-state index in [1.165, 1.54) is 0 Å². The van der Waals surface area contributed by atoms with Crippen molar-refractivity contribution >= 4 is 0 Å². The van der Waals surface area contributed by atoms with Gasteiger partial charge in [0.05, 0.1) is 11.4 Å². The van der Waals surface area contributed by atoms with Crippen LogP contribution < -0.4 is 5.56 Å². The summed E-state index contributed by atoms with van der Waals surface area (Å²) in [6.45, 7) is 7.66. The summed E-state index contributed by atoms with van der Waals surface area (Å²) in [5.41, 5.74) is 1.47. The fourth-order valence-corrected chi connectivity index (χ4v) is 1.62. The van der Waals surface area contributed by atoms with E-state index in [0.29, 0.717) is 17.8 Å². The SMILES string of the molecule is CCc1nc(C(C)C)c(=O)n(O)c1CC. The van der Waals surface area contributed by atoms with E-state index in [1.54, 1.807) is 0 Å². The first kappa shape index (κ1) is 11.8. The second-order valence-corrected chi connectivity index (χ2v) is 3.87. The van der Waals surface area contributed by atoms with Gasteiger partial charge in [0.15, 0.2) is 0 Å². The fraction of sp³-hybridized carbons (Fsp3) is 0.636. The smallest absolute Gasteiger partial charge is 0.305 e. The Morgan fingerprint density at radius 2 is 1.93 bits per heavy atom. The molecule has 0 aliphatic rings. The lowest BCUT2D eigenvalue weighted by Crippen LogP contribution is -2.29. The van der Waals surface area contributed by atoms with Crippen molar-refractivity contribution in [2.24, 2.45) is 0 Å². The Morgan fingerprint density at radius 1 is 1.33 bits per heavy atom. The van der Waals surface area contributed by atoms with Crippen molar-refractivity contribution in [3.8, 4) is 0 Å². The number of nitrogens with zero attached hydrogens (tertiary/aromatic N) is 2. The highest BCUT2D eigenvalue weighted by Crippen LogP contribution is 2.11. The first-order valence-electron chi connectivity index (χ1n) is 5.36. The fourth-order valence-electron chi connectivity index (χ4n) is 1.62. The van der Waals surface area contributed by atoms with Crippen molar-refractivity contribution in [3.05, 3.63) is 27.4 Å². The lowest BCUT2D eigenvalue weighted by atomic mass is 10.1. The molecule has 4 nitrogen and oxygen atoms in total. The van der Waals surface area contributed by atoms with Gasteiger partial charge in [-0.25, -0.2) is 4.98 Å². The second-order valence-electron chi connectivity index (χ2n) is 3.87. The van der Waals surface area contributed by atoms with Gasteiger partial charge in [0, 0.05) is 5.92 Å². The van der Waals surface area contributed by atoms with Gasteiger partial charge < -0.3 is 5.21 Å². The Labute approximate surface area is 89.5 Å². The standard InChI is InChI=1S/C11H18N2O2/c1-5-8-9(6-2)13(15)11(14)10(12-8)7(3)4/h7,15H,5-6H2,1-4H3. The van der Waals surface area contributed by atoms with E-state index in [4.69, 9.17) is 0 Å². The van der Waals surface area contributed by atoms with Crippen LogP contribution in [0.25, 0.3) is 0 Å². The van der Waals surface area contributed by atoms with Gasteiger partial charge in [-0.2, -0.15) is 0 Å². The van der Waals surface area contributed by atoms with Crippen molar-refractivity contribution < 1.29 is 5.21 Å². The van der Waals surface area contributed by atoms with Crippen LogP contribution in [0.5, 0.6) is 0 Å². The third-order valence-electron chi connectivity index (χ3n) is 2.47. The van der Waals surface area contributed by atoms with Gasteiger partial charge in [0.1, 0.15) is 5.69 Å². The van der Waals surface area contributed by atoms with Crippen molar-refractivity contribution in [2.45, 2.75) is 46.5 Å². The van der Waals surface area contributed by atoms with Crippen molar-refractivity contribution in [3.63, 3.8) is 0 Å². The molecule has 0 fully saturated rings. The van der Waals surface area contributed by atoms with Crippen LogP contribution in [0.3, 0.4) is 0 Å². The quantitative estimate of drug-likeness (QED) is 0.773. The van der Waals surface area contributed by atoms with E-state index in [-0.39, 0.29) is 11.5 Å². The minimum absolute atomic E-state index is 0.0344. The summed E-state index contributed by atoms with van der Waals surface area (Å²) in [5.74, 6) is 0.0344. The number of hydrogen-bond donors (Lipinski definition) is 1. The number of aromatic nitrogens is 2. The van der Waals surface area contributed by atoms with E-state index in [1.807, 2.05) is 27.7 Å². The van der Waals surface area contributed by atoms with Crippen LogP contribution >= 0.6 is 0 Å². The molecule has 1 N–H and O–H groups in total. The van der Waals surface area contributed by atoms with Gasteiger partial charge >= 0.3 is 5.56 Å². The number of rotatable bonds is 3. The zero-order chi connectivity index (χ0) is 11.6. The highest BCUT2D eigenvalue weighted by Gasteiger charge is 2.15. The third-order valence-corrected chi connectivity index (χ3v) is 2.47. The predicted octanol–water partition coefficient (Wildman–Crippen LogP) is 1.73. The maximum atomic E-state index is 11.7. The maximum absolute atomic E-state index is 11.7. The minimum atomic E-state index is -0.390. The Balaban J connectivity index is 3.50. The van der Waals surface area contributed by atoms with Crippen LogP contribution in [0.2, 0.25) is 0 Å². The normalized spacial score (nSPS) is 11.0. The Bertz CT molecular complexity index is 408. The first-order valence-corrected chi connectivity index (χ1v) is 5.36. The Morgan fingerprint density at radius 3 is 2.33 bits per heavy atom. The average molecular weight is 210 g/mol. The lowest BCUT2D eigenvalue weighted by Gasteiger charge is -2.12. The summed E-state index contributed by atoms with van der Waals surface area (Å²) in [6.07, 6.45) is 1.34. The minimum Gasteiger partial charge on any atom is -0.425 e. The molecule has 0 atom stereocenters. The molecule has 0 aromatic carbocycles. The topological polar surface area (TPSA) is 55.1 Å². The summed E-state index contributed by atoms with van der Waals surface area (Å²) in [5, 5.41) is 9.70. The molecular formula is C11H18N2O2. The molecule has 0 bridgehead atoms. The molecule has 1 rings (SSSR count). The molecule has 4 heteroatoms. The molecule has 1 heterocycles. The molecule has 15 heavy (non-hydrogen) atoms.